The van der Waals surface area contributed by atoms with Gasteiger partial charge in [0, 0.05) is 33.1 Å². The van der Waals surface area contributed by atoms with Gasteiger partial charge < -0.3 is 0 Å². The lowest BCUT2D eigenvalue weighted by molar-refractivity contribution is -0.138. The van der Waals surface area contributed by atoms with E-state index in [-0.39, 0.29) is 17.7 Å². The van der Waals surface area contributed by atoms with E-state index in [0.29, 0.717) is 30.9 Å². The summed E-state index contributed by atoms with van der Waals surface area (Å²) in [6.45, 7) is 2.83. The third-order valence-corrected chi connectivity index (χ3v) is 4.46. The van der Waals surface area contributed by atoms with E-state index < -0.39 is 11.7 Å². The molecule has 24 heavy (non-hydrogen) atoms. The average molecular weight is 337 g/mol. The number of rotatable bonds is 2. The highest BCUT2D eigenvalue weighted by molar-refractivity contribution is 5.30. The number of hydrogen-bond donors (Lipinski definition) is 0. The highest BCUT2D eigenvalue weighted by atomic mass is 19.4. The molecule has 1 aromatic carbocycles. The largest absolute Gasteiger partial charge is 0.416 e. The second kappa shape index (κ2) is 6.05. The molecule has 0 fully saturated rings. The number of halogens is 3. The Hall–Kier alpha value is -2.15. The van der Waals surface area contributed by atoms with Gasteiger partial charge in [0.15, 0.2) is 0 Å². The Morgan fingerprint density at radius 2 is 1.96 bits per heavy atom. The summed E-state index contributed by atoms with van der Waals surface area (Å²) in [6.07, 6.45) is -3.81. The van der Waals surface area contributed by atoms with Crippen molar-refractivity contribution in [2.75, 3.05) is 6.54 Å². The first-order valence-corrected chi connectivity index (χ1v) is 7.70. The molecule has 0 unspecified atom stereocenters. The summed E-state index contributed by atoms with van der Waals surface area (Å²) >= 11 is 0. The van der Waals surface area contributed by atoms with E-state index in [1.807, 2.05) is 4.90 Å². The van der Waals surface area contributed by atoms with Crippen LogP contribution >= 0.6 is 0 Å². The summed E-state index contributed by atoms with van der Waals surface area (Å²) in [5, 5.41) is 0. The number of aryl methyl sites for hydroxylation is 1. The molecule has 0 atom stereocenters. The van der Waals surface area contributed by atoms with Crippen LogP contribution in [-0.2, 0) is 32.7 Å². The fraction of sp³-hybridized carbons (Fsp3) is 0.412. The molecule has 0 N–H and O–H groups in total. The van der Waals surface area contributed by atoms with E-state index in [1.165, 1.54) is 16.7 Å². The quantitative estimate of drug-likeness (QED) is 0.846. The molecule has 2 heterocycles. The molecule has 3 rings (SSSR count). The SMILES string of the molecule is Cc1nc2c(c(=O)n1C)CN(Cc1ccccc1C(F)(F)F)CC2. The van der Waals surface area contributed by atoms with Crippen molar-refractivity contribution < 1.29 is 13.2 Å². The number of alkyl halides is 3. The molecule has 0 bridgehead atoms. The minimum absolute atomic E-state index is 0.119. The smallest absolute Gasteiger partial charge is 0.300 e. The third-order valence-electron chi connectivity index (χ3n) is 4.46. The van der Waals surface area contributed by atoms with Crippen LogP contribution < -0.4 is 5.56 Å². The van der Waals surface area contributed by atoms with Crippen molar-refractivity contribution in [2.45, 2.75) is 32.6 Å². The van der Waals surface area contributed by atoms with Gasteiger partial charge in [0.25, 0.3) is 5.56 Å². The van der Waals surface area contributed by atoms with E-state index >= 15 is 0 Å². The number of hydrogen-bond acceptors (Lipinski definition) is 3. The Morgan fingerprint density at radius 3 is 2.67 bits per heavy atom. The van der Waals surface area contributed by atoms with Crippen molar-refractivity contribution in [1.82, 2.24) is 14.5 Å². The highest BCUT2D eigenvalue weighted by Crippen LogP contribution is 2.32. The number of fused-ring (bicyclic) bond motifs is 1. The Balaban J connectivity index is 1.88. The minimum atomic E-state index is -4.38. The molecule has 0 radical (unpaired) electrons. The van der Waals surface area contributed by atoms with Gasteiger partial charge in [-0.3, -0.25) is 14.3 Å². The first kappa shape index (κ1) is 16.7. The summed E-state index contributed by atoms with van der Waals surface area (Å²) in [7, 11) is 1.66. The van der Waals surface area contributed by atoms with Crippen LogP contribution in [-0.4, -0.2) is 21.0 Å². The lowest BCUT2D eigenvalue weighted by Gasteiger charge is -2.29. The number of nitrogens with zero attached hydrogens (tertiary/aromatic N) is 3. The van der Waals surface area contributed by atoms with Gasteiger partial charge in [-0.05, 0) is 18.6 Å². The zero-order valence-electron chi connectivity index (χ0n) is 13.5. The van der Waals surface area contributed by atoms with Crippen molar-refractivity contribution in [3.8, 4) is 0 Å². The Kier molecular flexibility index (Phi) is 4.21. The Labute approximate surface area is 137 Å². The van der Waals surface area contributed by atoms with E-state index in [0.717, 1.165) is 11.8 Å². The van der Waals surface area contributed by atoms with Gasteiger partial charge in [-0.25, -0.2) is 4.98 Å². The van der Waals surface area contributed by atoms with Crippen LogP contribution in [0.3, 0.4) is 0 Å². The molecule has 2 aromatic rings. The van der Waals surface area contributed by atoms with E-state index in [1.54, 1.807) is 20.0 Å². The molecule has 1 aromatic heterocycles. The van der Waals surface area contributed by atoms with Crippen molar-refractivity contribution in [2.24, 2.45) is 7.05 Å². The molecule has 0 saturated heterocycles. The normalized spacial score (nSPS) is 15.4. The molecule has 128 valence electrons. The molecule has 0 aliphatic carbocycles. The van der Waals surface area contributed by atoms with Gasteiger partial charge in [-0.1, -0.05) is 18.2 Å². The van der Waals surface area contributed by atoms with Crippen molar-refractivity contribution in [3.63, 3.8) is 0 Å². The van der Waals surface area contributed by atoms with Crippen molar-refractivity contribution in [3.05, 3.63) is 62.8 Å². The van der Waals surface area contributed by atoms with Crippen LogP contribution in [0.1, 0.15) is 28.2 Å². The summed E-state index contributed by atoms with van der Waals surface area (Å²) in [4.78, 5) is 18.7. The Morgan fingerprint density at radius 1 is 1.25 bits per heavy atom. The molecule has 0 spiro atoms. The topological polar surface area (TPSA) is 38.1 Å². The van der Waals surface area contributed by atoms with Crippen LogP contribution in [0.15, 0.2) is 29.1 Å². The zero-order valence-corrected chi connectivity index (χ0v) is 13.5. The summed E-state index contributed by atoms with van der Waals surface area (Å²) in [6, 6.07) is 5.58. The van der Waals surface area contributed by atoms with E-state index in [9.17, 15) is 18.0 Å². The predicted octanol–water partition coefficient (Wildman–Crippen LogP) is 2.67. The van der Waals surface area contributed by atoms with E-state index in [2.05, 4.69) is 4.98 Å². The van der Waals surface area contributed by atoms with Gasteiger partial charge >= 0.3 is 6.18 Å². The van der Waals surface area contributed by atoms with Crippen molar-refractivity contribution in [1.29, 1.82) is 0 Å². The monoisotopic (exact) mass is 337 g/mol. The standard InChI is InChI=1S/C17H18F3N3O/c1-11-21-15-7-8-23(10-13(15)16(24)22(11)2)9-12-5-3-4-6-14(12)17(18,19)20/h3-6H,7-10H2,1-2H3. The lowest BCUT2D eigenvalue weighted by Crippen LogP contribution is -2.38. The fourth-order valence-electron chi connectivity index (χ4n) is 3.05. The number of aromatic nitrogens is 2. The molecular formula is C17H18F3N3O. The molecule has 1 aliphatic rings. The van der Waals surface area contributed by atoms with Crippen LogP contribution in [0.4, 0.5) is 13.2 Å². The summed E-state index contributed by atoms with van der Waals surface area (Å²) in [5.41, 5.74) is 0.831. The van der Waals surface area contributed by atoms with Gasteiger partial charge in [-0.2, -0.15) is 13.2 Å². The van der Waals surface area contributed by atoms with Crippen LogP contribution in [0.5, 0.6) is 0 Å². The van der Waals surface area contributed by atoms with Gasteiger partial charge in [0.05, 0.1) is 16.8 Å². The highest BCUT2D eigenvalue weighted by Gasteiger charge is 2.33. The second-order valence-corrected chi connectivity index (χ2v) is 6.06. The van der Waals surface area contributed by atoms with E-state index in [4.69, 9.17) is 0 Å². The lowest BCUT2D eigenvalue weighted by atomic mass is 10.0. The molecule has 7 heteroatoms. The maximum Gasteiger partial charge on any atom is 0.416 e. The molecule has 0 saturated carbocycles. The minimum Gasteiger partial charge on any atom is -0.300 e. The summed E-state index contributed by atoms with van der Waals surface area (Å²) < 4.78 is 40.8. The fourth-order valence-corrected chi connectivity index (χ4v) is 3.05. The van der Waals surface area contributed by atoms with Crippen LogP contribution in [0.2, 0.25) is 0 Å². The van der Waals surface area contributed by atoms with Crippen LogP contribution in [0.25, 0.3) is 0 Å². The zero-order chi connectivity index (χ0) is 17.5. The van der Waals surface area contributed by atoms with Gasteiger partial charge in [0.2, 0.25) is 0 Å². The average Bonchev–Trinajstić information content (AvgIpc) is 2.53. The maximum atomic E-state index is 13.1. The first-order chi connectivity index (χ1) is 11.3. The molecule has 1 aliphatic heterocycles. The third kappa shape index (κ3) is 3.08. The molecule has 4 nitrogen and oxygen atoms in total. The van der Waals surface area contributed by atoms with Crippen LogP contribution in [0, 0.1) is 6.92 Å². The maximum absolute atomic E-state index is 13.1. The predicted molar refractivity (Wildman–Crippen MR) is 83.5 cm³/mol. The summed E-state index contributed by atoms with van der Waals surface area (Å²) in [5.74, 6) is 0.648. The molecular weight excluding hydrogens is 319 g/mol. The first-order valence-electron chi connectivity index (χ1n) is 7.70. The molecule has 0 amide bonds. The number of benzene rings is 1. The van der Waals surface area contributed by atoms with Crippen molar-refractivity contribution >= 4 is 0 Å². The van der Waals surface area contributed by atoms with Gasteiger partial charge in [0.1, 0.15) is 5.82 Å². The van der Waals surface area contributed by atoms with Gasteiger partial charge in [-0.15, -0.1) is 0 Å². The second-order valence-electron chi connectivity index (χ2n) is 6.06. The Bertz CT molecular complexity index is 827.